The Bertz CT molecular complexity index is 1050. The van der Waals surface area contributed by atoms with Crippen molar-refractivity contribution in [1.82, 2.24) is 0 Å². The van der Waals surface area contributed by atoms with Crippen molar-refractivity contribution in [2.45, 2.75) is 38.9 Å². The van der Waals surface area contributed by atoms with E-state index in [0.717, 1.165) is 0 Å². The minimum absolute atomic E-state index is 0.0430. The molecule has 2 aromatic rings. The number of carbonyl (C=O) groups is 4. The number of nitrogens with zero attached hydrogens (tertiary/aromatic N) is 1. The number of Topliss-reactive ketones (excluding diaryl/α,β-unsaturated/α-hetero) is 1. The van der Waals surface area contributed by atoms with Gasteiger partial charge in [0, 0.05) is 41.5 Å². The van der Waals surface area contributed by atoms with Gasteiger partial charge in [0.2, 0.25) is 11.7 Å². The van der Waals surface area contributed by atoms with Gasteiger partial charge in [0.1, 0.15) is 0 Å². The molecule has 1 amide bonds. The largest absolute Gasteiger partial charge is 0.459 e. The van der Waals surface area contributed by atoms with Gasteiger partial charge in [-0.15, -0.1) is 11.6 Å². The molecule has 0 bridgehead atoms. The first-order valence-corrected chi connectivity index (χ1v) is 11.8. The molecule has 2 aromatic carbocycles. The lowest BCUT2D eigenvalue weighted by Gasteiger charge is -2.19. The van der Waals surface area contributed by atoms with Crippen LogP contribution in [0.25, 0.3) is 0 Å². The van der Waals surface area contributed by atoms with Crippen molar-refractivity contribution in [2.75, 3.05) is 17.3 Å². The number of alkyl halides is 1. The van der Waals surface area contributed by atoms with Gasteiger partial charge in [-0.05, 0) is 62.4 Å². The Hall–Kier alpha value is -2.90. The zero-order chi connectivity index (χ0) is 24.8. The van der Waals surface area contributed by atoms with Crippen molar-refractivity contribution >= 4 is 52.5 Å². The van der Waals surface area contributed by atoms with Crippen molar-refractivity contribution < 1.29 is 28.7 Å². The summed E-state index contributed by atoms with van der Waals surface area (Å²) in [4.78, 5) is 51.7. The van der Waals surface area contributed by atoms with E-state index in [1.807, 2.05) is 0 Å². The smallest absolute Gasteiger partial charge is 0.338 e. The van der Waals surface area contributed by atoms with Gasteiger partial charge < -0.3 is 14.4 Å². The molecule has 9 heteroatoms. The molecular weight excluding hydrogens is 481 g/mol. The van der Waals surface area contributed by atoms with Crippen LogP contribution in [0.3, 0.4) is 0 Å². The molecule has 1 heterocycles. The van der Waals surface area contributed by atoms with Crippen LogP contribution in [0.5, 0.6) is 0 Å². The summed E-state index contributed by atoms with van der Waals surface area (Å²) in [5.41, 5.74) is 1.27. The van der Waals surface area contributed by atoms with Crippen LogP contribution in [0, 0.1) is 5.92 Å². The maximum atomic E-state index is 12.8. The SMILES string of the molecule is CC(C)OC(=O)c1ccc(N2C[C@@H](C(=O)O[C@H](CCCl)C(=O)c3ccc(Cl)cc3)CC2=O)cc1. The van der Waals surface area contributed by atoms with Crippen LogP contribution in [0.4, 0.5) is 5.69 Å². The predicted molar refractivity (Wildman–Crippen MR) is 128 cm³/mol. The first-order valence-electron chi connectivity index (χ1n) is 10.9. The Morgan fingerprint density at radius 2 is 1.62 bits per heavy atom. The van der Waals surface area contributed by atoms with E-state index < -0.39 is 24.0 Å². The molecular formula is C25H25Cl2NO6. The van der Waals surface area contributed by atoms with E-state index in [1.54, 1.807) is 62.4 Å². The van der Waals surface area contributed by atoms with Gasteiger partial charge in [0.05, 0.1) is 17.6 Å². The van der Waals surface area contributed by atoms with Gasteiger partial charge >= 0.3 is 11.9 Å². The molecule has 0 aromatic heterocycles. The van der Waals surface area contributed by atoms with Crippen molar-refractivity contribution in [3.05, 3.63) is 64.7 Å². The van der Waals surface area contributed by atoms with E-state index in [0.29, 0.717) is 21.8 Å². The molecule has 2 atom stereocenters. The summed E-state index contributed by atoms with van der Waals surface area (Å²) in [6, 6.07) is 12.7. The highest BCUT2D eigenvalue weighted by Crippen LogP contribution is 2.27. The summed E-state index contributed by atoms with van der Waals surface area (Å²) in [5.74, 6) is -2.32. The fourth-order valence-electron chi connectivity index (χ4n) is 3.55. The quantitative estimate of drug-likeness (QED) is 0.279. The van der Waals surface area contributed by atoms with Gasteiger partial charge in [0.25, 0.3) is 0 Å². The molecule has 1 fully saturated rings. The highest BCUT2D eigenvalue weighted by molar-refractivity contribution is 6.30. The lowest BCUT2D eigenvalue weighted by Crippen LogP contribution is -2.32. The van der Waals surface area contributed by atoms with Crippen molar-refractivity contribution in [2.24, 2.45) is 5.92 Å². The van der Waals surface area contributed by atoms with Crippen molar-refractivity contribution in [3.8, 4) is 0 Å². The number of carbonyl (C=O) groups excluding carboxylic acids is 4. The van der Waals surface area contributed by atoms with Crippen molar-refractivity contribution in [3.63, 3.8) is 0 Å². The molecule has 1 aliphatic heterocycles. The highest BCUT2D eigenvalue weighted by Gasteiger charge is 2.38. The van der Waals surface area contributed by atoms with Crippen LogP contribution in [-0.2, 0) is 19.1 Å². The van der Waals surface area contributed by atoms with E-state index in [1.165, 1.54) is 4.90 Å². The molecule has 1 saturated heterocycles. The lowest BCUT2D eigenvalue weighted by molar-refractivity contribution is -0.151. The summed E-state index contributed by atoms with van der Waals surface area (Å²) in [6.07, 6.45) is -1.19. The van der Waals surface area contributed by atoms with Gasteiger partial charge in [-0.1, -0.05) is 11.6 Å². The number of ether oxygens (including phenoxy) is 2. The summed E-state index contributed by atoms with van der Waals surface area (Å²) in [6.45, 7) is 3.63. The van der Waals surface area contributed by atoms with Crippen molar-refractivity contribution in [1.29, 1.82) is 0 Å². The zero-order valence-electron chi connectivity index (χ0n) is 18.8. The predicted octanol–water partition coefficient (Wildman–Crippen LogP) is 4.68. The number of amides is 1. The molecule has 180 valence electrons. The molecule has 1 aliphatic rings. The van der Waals surface area contributed by atoms with E-state index >= 15 is 0 Å². The van der Waals surface area contributed by atoms with E-state index in [9.17, 15) is 19.2 Å². The Labute approximate surface area is 207 Å². The Kier molecular flexibility index (Phi) is 8.69. The Morgan fingerprint density at radius 1 is 1.00 bits per heavy atom. The van der Waals surface area contributed by atoms with E-state index in [-0.39, 0.29) is 43.1 Å². The molecule has 0 N–H and O–H groups in total. The summed E-state index contributed by atoms with van der Waals surface area (Å²) >= 11 is 11.7. The first-order chi connectivity index (χ1) is 16.2. The van der Waals surface area contributed by atoms with Gasteiger partial charge in [0.15, 0.2) is 6.10 Å². The van der Waals surface area contributed by atoms with Crippen LogP contribution >= 0.6 is 23.2 Å². The summed E-state index contributed by atoms with van der Waals surface area (Å²) < 4.78 is 10.7. The summed E-state index contributed by atoms with van der Waals surface area (Å²) in [5, 5.41) is 0.483. The second-order valence-electron chi connectivity index (χ2n) is 8.18. The number of esters is 2. The van der Waals surface area contributed by atoms with E-state index in [4.69, 9.17) is 32.7 Å². The maximum Gasteiger partial charge on any atom is 0.338 e. The molecule has 3 rings (SSSR count). The molecule has 34 heavy (non-hydrogen) atoms. The molecule has 0 spiro atoms. The molecule has 0 unspecified atom stereocenters. The maximum absolute atomic E-state index is 12.8. The topological polar surface area (TPSA) is 90.0 Å². The second-order valence-corrected chi connectivity index (χ2v) is 9.00. The second kappa shape index (κ2) is 11.5. The number of halogens is 2. The Balaban J connectivity index is 1.65. The van der Waals surface area contributed by atoms with Gasteiger partial charge in [-0.2, -0.15) is 0 Å². The van der Waals surface area contributed by atoms with Gasteiger partial charge in [-0.25, -0.2) is 4.79 Å². The zero-order valence-corrected chi connectivity index (χ0v) is 20.3. The number of anilines is 1. The summed E-state index contributed by atoms with van der Waals surface area (Å²) in [7, 11) is 0. The third-order valence-electron chi connectivity index (χ3n) is 5.27. The van der Waals surface area contributed by atoms with Crippen LogP contribution in [0.15, 0.2) is 48.5 Å². The molecule has 0 radical (unpaired) electrons. The third-order valence-corrected chi connectivity index (χ3v) is 5.74. The lowest BCUT2D eigenvalue weighted by atomic mass is 10.0. The first kappa shape index (κ1) is 25.7. The number of rotatable bonds is 9. The van der Waals surface area contributed by atoms with Crippen LogP contribution in [0.2, 0.25) is 5.02 Å². The average molecular weight is 506 g/mol. The fraction of sp³-hybridized carbons (Fsp3) is 0.360. The van der Waals surface area contributed by atoms with Crippen LogP contribution in [0.1, 0.15) is 47.4 Å². The number of hydrogen-bond acceptors (Lipinski definition) is 6. The standard InChI is InChI=1S/C25H25Cl2NO6/c1-15(2)33-24(31)17-5-9-20(10-6-17)28-14-18(13-22(28)29)25(32)34-21(11-12-26)23(30)16-3-7-19(27)8-4-16/h3-10,15,18,21H,11-14H2,1-2H3/t18-,21+/m0/s1. The molecule has 7 nitrogen and oxygen atoms in total. The van der Waals surface area contributed by atoms with Crippen LogP contribution < -0.4 is 4.90 Å². The minimum Gasteiger partial charge on any atom is -0.459 e. The highest BCUT2D eigenvalue weighted by atomic mass is 35.5. The number of hydrogen-bond donors (Lipinski definition) is 0. The number of ketones is 1. The van der Waals surface area contributed by atoms with Gasteiger partial charge in [-0.3, -0.25) is 14.4 Å². The van der Waals surface area contributed by atoms with E-state index in [2.05, 4.69) is 0 Å². The minimum atomic E-state index is -1.05. The third kappa shape index (κ3) is 6.36. The molecule has 0 aliphatic carbocycles. The fourth-order valence-corrected chi connectivity index (χ4v) is 3.88. The monoisotopic (exact) mass is 505 g/mol. The Morgan fingerprint density at radius 3 is 2.21 bits per heavy atom. The molecule has 0 saturated carbocycles. The average Bonchev–Trinajstić information content (AvgIpc) is 3.20. The normalized spacial score (nSPS) is 16.4. The van der Waals surface area contributed by atoms with Crippen LogP contribution in [-0.4, -0.2) is 48.3 Å². The number of benzene rings is 2.